The van der Waals surface area contributed by atoms with Gasteiger partial charge in [0.1, 0.15) is 4.21 Å². The lowest BCUT2D eigenvalue weighted by molar-refractivity contribution is 0.369. The molecule has 0 radical (unpaired) electrons. The van der Waals surface area contributed by atoms with Gasteiger partial charge in [0.25, 0.3) is 0 Å². The Morgan fingerprint density at radius 1 is 0.929 bits per heavy atom. The highest BCUT2D eigenvalue weighted by Crippen LogP contribution is 2.55. The summed E-state index contributed by atoms with van der Waals surface area (Å²) in [6, 6.07) is 21.9. The van der Waals surface area contributed by atoms with Crippen molar-refractivity contribution in [3.63, 3.8) is 0 Å². The first-order valence-electron chi connectivity index (χ1n) is 9.30. The number of nitrogens with zero attached hydrogens (tertiary/aromatic N) is 2. The van der Waals surface area contributed by atoms with E-state index in [1.165, 1.54) is 11.3 Å². The second kappa shape index (κ2) is 9.03. The van der Waals surface area contributed by atoms with Crippen LogP contribution in [0.2, 0.25) is 0 Å². The molecule has 0 saturated carbocycles. The molecule has 0 saturated heterocycles. The van der Waals surface area contributed by atoms with Crippen LogP contribution in [-0.2, 0) is 0 Å². The van der Waals surface area contributed by atoms with Crippen LogP contribution in [0.5, 0.6) is 0 Å². The summed E-state index contributed by atoms with van der Waals surface area (Å²) in [7, 11) is -2.99. The van der Waals surface area contributed by atoms with Crippen LogP contribution in [0.1, 0.15) is 29.9 Å². The molecular formula is C22H26N2O2S2. The van der Waals surface area contributed by atoms with Crippen molar-refractivity contribution >= 4 is 33.5 Å². The van der Waals surface area contributed by atoms with Gasteiger partial charge < -0.3 is 0 Å². The van der Waals surface area contributed by atoms with Gasteiger partial charge in [0, 0.05) is 29.1 Å². The Morgan fingerprint density at radius 2 is 1.43 bits per heavy atom. The molecule has 0 aliphatic carbocycles. The number of benzene rings is 2. The lowest BCUT2D eigenvalue weighted by Crippen LogP contribution is -2.26. The molecule has 3 rings (SSSR count). The maximum atomic E-state index is 10.8. The Bertz CT molecular complexity index is 892. The van der Waals surface area contributed by atoms with E-state index in [9.17, 15) is 9.11 Å². The average Bonchev–Trinajstić information content (AvgIpc) is 3.09. The number of aryl methyl sites for hydroxylation is 1. The van der Waals surface area contributed by atoms with Crippen molar-refractivity contribution in [1.29, 1.82) is 0 Å². The number of rotatable bonds is 7. The first-order valence-corrected chi connectivity index (χ1v) is 11.6. The zero-order valence-corrected chi connectivity index (χ0v) is 18.0. The Kier molecular flexibility index (Phi) is 6.69. The van der Waals surface area contributed by atoms with Gasteiger partial charge in [-0.2, -0.15) is 0 Å². The van der Waals surface area contributed by atoms with Gasteiger partial charge in [0.15, 0.2) is 0 Å². The molecule has 1 aromatic heterocycles. The third-order valence-electron chi connectivity index (χ3n) is 4.53. The third-order valence-corrected chi connectivity index (χ3v) is 8.18. The number of aliphatic imine (C=N–C) groups is 1. The third kappa shape index (κ3) is 4.37. The molecule has 0 atom stereocenters. The zero-order chi connectivity index (χ0) is 20.1. The lowest BCUT2D eigenvalue weighted by Gasteiger charge is -2.40. The monoisotopic (exact) mass is 414 g/mol. The first kappa shape index (κ1) is 20.8. The van der Waals surface area contributed by atoms with Crippen LogP contribution >= 0.6 is 22.1 Å². The summed E-state index contributed by atoms with van der Waals surface area (Å²) < 4.78 is 23.8. The molecule has 148 valence electrons. The van der Waals surface area contributed by atoms with E-state index in [0.29, 0.717) is 17.3 Å². The highest BCUT2D eigenvalue weighted by Gasteiger charge is 2.25. The summed E-state index contributed by atoms with van der Waals surface area (Å²) in [5, 5.41) is 0. The molecule has 0 aliphatic rings. The SMILES string of the molecule is CCN(CC)S(O)(O)c1cc(N=C(c2ccccc2)c2ccccc2)c(C)s1. The topological polar surface area (TPSA) is 56.1 Å². The van der Waals surface area contributed by atoms with Crippen LogP contribution < -0.4 is 0 Å². The van der Waals surface area contributed by atoms with Gasteiger partial charge in [-0.1, -0.05) is 85.3 Å². The average molecular weight is 415 g/mol. The van der Waals surface area contributed by atoms with Crippen LogP contribution in [0.15, 0.2) is 75.9 Å². The molecule has 0 unspecified atom stereocenters. The van der Waals surface area contributed by atoms with Crippen molar-refractivity contribution in [2.75, 3.05) is 13.1 Å². The fourth-order valence-electron chi connectivity index (χ4n) is 3.01. The summed E-state index contributed by atoms with van der Waals surface area (Å²) in [4.78, 5) is 5.91. The Labute approximate surface area is 172 Å². The first-order chi connectivity index (χ1) is 13.5. The van der Waals surface area contributed by atoms with Gasteiger partial charge in [0.2, 0.25) is 0 Å². The van der Waals surface area contributed by atoms with E-state index in [1.54, 1.807) is 4.31 Å². The fraction of sp³-hybridized carbons (Fsp3) is 0.227. The predicted molar refractivity (Wildman–Crippen MR) is 121 cm³/mol. The summed E-state index contributed by atoms with van der Waals surface area (Å²) in [6.45, 7) is 6.99. The number of thiophene rings is 1. The summed E-state index contributed by atoms with van der Waals surface area (Å²) in [5.41, 5.74) is 3.69. The van der Waals surface area contributed by atoms with Gasteiger partial charge in [-0.15, -0.1) is 11.3 Å². The quantitative estimate of drug-likeness (QED) is 0.429. The molecule has 3 aromatic rings. The smallest absolute Gasteiger partial charge is 0.130 e. The molecular weight excluding hydrogens is 388 g/mol. The maximum absolute atomic E-state index is 10.8. The van der Waals surface area contributed by atoms with E-state index >= 15 is 0 Å². The van der Waals surface area contributed by atoms with Crippen LogP contribution in [0.25, 0.3) is 0 Å². The van der Waals surface area contributed by atoms with Gasteiger partial charge in [-0.25, -0.2) is 9.30 Å². The van der Waals surface area contributed by atoms with E-state index in [-0.39, 0.29) is 0 Å². The number of hydrogen-bond acceptors (Lipinski definition) is 5. The van der Waals surface area contributed by atoms with Crippen molar-refractivity contribution in [3.8, 4) is 0 Å². The van der Waals surface area contributed by atoms with E-state index < -0.39 is 10.8 Å². The second-order valence-electron chi connectivity index (χ2n) is 6.33. The van der Waals surface area contributed by atoms with E-state index in [4.69, 9.17) is 4.99 Å². The summed E-state index contributed by atoms with van der Waals surface area (Å²) in [5.74, 6) is 0. The van der Waals surface area contributed by atoms with Crippen LogP contribution in [0.4, 0.5) is 5.69 Å². The van der Waals surface area contributed by atoms with Crippen molar-refractivity contribution in [1.82, 2.24) is 4.31 Å². The molecule has 4 nitrogen and oxygen atoms in total. The van der Waals surface area contributed by atoms with Crippen LogP contribution in [0, 0.1) is 6.92 Å². The number of hydrogen-bond donors (Lipinski definition) is 2. The zero-order valence-electron chi connectivity index (χ0n) is 16.4. The van der Waals surface area contributed by atoms with Crippen molar-refractivity contribution < 1.29 is 9.11 Å². The van der Waals surface area contributed by atoms with Gasteiger partial charge >= 0.3 is 0 Å². The van der Waals surface area contributed by atoms with Crippen LogP contribution in [-0.4, -0.2) is 32.2 Å². The Balaban J connectivity index is 2.08. The normalized spacial score (nSPS) is 12.2. The van der Waals surface area contributed by atoms with Crippen molar-refractivity contribution in [2.24, 2.45) is 4.99 Å². The minimum atomic E-state index is -2.99. The minimum absolute atomic E-state index is 0.563. The molecule has 2 aromatic carbocycles. The van der Waals surface area contributed by atoms with E-state index in [2.05, 4.69) is 0 Å². The maximum Gasteiger partial charge on any atom is 0.130 e. The molecule has 2 N–H and O–H groups in total. The highest BCUT2D eigenvalue weighted by atomic mass is 32.3. The molecule has 0 aliphatic heterocycles. The Morgan fingerprint density at radius 3 is 1.89 bits per heavy atom. The van der Waals surface area contributed by atoms with Crippen molar-refractivity contribution in [3.05, 3.63) is 82.7 Å². The lowest BCUT2D eigenvalue weighted by atomic mass is 10.0. The molecule has 0 amide bonds. The predicted octanol–water partition coefficient (Wildman–Crippen LogP) is 6.59. The largest absolute Gasteiger partial charge is 0.281 e. The summed E-state index contributed by atoms with van der Waals surface area (Å²) in [6.07, 6.45) is 0. The molecule has 6 heteroatoms. The van der Waals surface area contributed by atoms with Gasteiger partial charge in [0.05, 0.1) is 11.4 Å². The standard InChI is InChI=1S/C22H26N2O2S2/c1-4-24(5-2)28(25,26)21-16-20(17(3)27-21)23-22(18-12-8-6-9-13-18)19-14-10-7-11-15-19/h6-16,25-26H,4-5H2,1-3H3. The van der Waals surface area contributed by atoms with E-state index in [1.807, 2.05) is 87.5 Å². The fourth-order valence-corrected chi connectivity index (χ4v) is 6.08. The van der Waals surface area contributed by atoms with Crippen molar-refractivity contribution in [2.45, 2.75) is 25.0 Å². The minimum Gasteiger partial charge on any atom is -0.281 e. The molecule has 1 heterocycles. The highest BCUT2D eigenvalue weighted by molar-refractivity contribution is 8.23. The second-order valence-corrected chi connectivity index (χ2v) is 9.84. The van der Waals surface area contributed by atoms with Gasteiger partial charge in [-0.05, 0) is 13.0 Å². The summed E-state index contributed by atoms with van der Waals surface area (Å²) >= 11 is 1.40. The van der Waals surface area contributed by atoms with Crippen LogP contribution in [0.3, 0.4) is 0 Å². The molecule has 0 spiro atoms. The Hall–Kier alpha value is -1.96. The molecule has 0 bridgehead atoms. The molecule has 0 fully saturated rings. The van der Waals surface area contributed by atoms with Gasteiger partial charge in [-0.3, -0.25) is 9.11 Å². The molecule has 28 heavy (non-hydrogen) atoms. The van der Waals surface area contributed by atoms with E-state index in [0.717, 1.165) is 27.4 Å².